The normalized spacial score (nSPS) is 16.2. The van der Waals surface area contributed by atoms with Gasteiger partial charge in [0, 0.05) is 51.1 Å². The Morgan fingerprint density at radius 3 is 2.25 bits per heavy atom. The molecule has 3 rings (SSSR count). The molecular weight excluding hydrogens is 298 g/mol. The van der Waals surface area contributed by atoms with Crippen LogP contribution in [0.3, 0.4) is 0 Å². The Morgan fingerprint density at radius 1 is 0.917 bits per heavy atom. The van der Waals surface area contributed by atoms with Crippen LogP contribution in [0.25, 0.3) is 0 Å². The summed E-state index contributed by atoms with van der Waals surface area (Å²) in [7, 11) is 2.06. The van der Waals surface area contributed by atoms with Gasteiger partial charge in [0.05, 0.1) is 0 Å². The second-order valence-electron chi connectivity index (χ2n) is 6.46. The molecule has 0 aromatic heterocycles. The number of piperazine rings is 1. The van der Waals surface area contributed by atoms with E-state index in [1.165, 1.54) is 24.3 Å². The minimum atomic E-state index is 0.298. The van der Waals surface area contributed by atoms with Gasteiger partial charge in [0.2, 0.25) is 0 Å². The molecule has 1 N–H and O–H groups in total. The summed E-state index contributed by atoms with van der Waals surface area (Å²) in [4.78, 5) is 7.19. The van der Waals surface area contributed by atoms with Gasteiger partial charge in [0.15, 0.2) is 0 Å². The topological polar surface area (TPSA) is 30.0 Å². The van der Waals surface area contributed by atoms with E-state index in [1.807, 2.05) is 12.1 Å². The molecule has 1 aliphatic rings. The van der Waals surface area contributed by atoms with E-state index in [4.69, 9.17) is 0 Å². The fourth-order valence-electron chi connectivity index (χ4n) is 3.21. The van der Waals surface area contributed by atoms with Gasteiger partial charge in [-0.2, -0.15) is 0 Å². The fraction of sp³-hybridized carbons (Fsp3) is 0.400. The van der Waals surface area contributed by atoms with Crippen molar-refractivity contribution >= 4 is 11.4 Å². The molecule has 1 saturated heterocycles. The third-order valence-corrected chi connectivity index (χ3v) is 4.85. The van der Waals surface area contributed by atoms with Crippen molar-refractivity contribution < 1.29 is 5.11 Å². The predicted molar refractivity (Wildman–Crippen MR) is 100 cm³/mol. The zero-order valence-electron chi connectivity index (χ0n) is 14.7. The van der Waals surface area contributed by atoms with Gasteiger partial charge in [-0.05, 0) is 48.5 Å². The summed E-state index contributed by atoms with van der Waals surface area (Å²) < 4.78 is 0. The van der Waals surface area contributed by atoms with E-state index in [0.717, 1.165) is 31.9 Å². The average molecular weight is 325 g/mol. The van der Waals surface area contributed by atoms with Crippen LogP contribution < -0.4 is 4.90 Å². The first-order chi connectivity index (χ1) is 11.7. The van der Waals surface area contributed by atoms with Crippen molar-refractivity contribution in [3.8, 4) is 5.75 Å². The molecule has 0 spiro atoms. The van der Waals surface area contributed by atoms with Crippen molar-refractivity contribution in [2.75, 3.05) is 44.7 Å². The summed E-state index contributed by atoms with van der Waals surface area (Å²) in [6.45, 7) is 9.03. The lowest BCUT2D eigenvalue weighted by Gasteiger charge is -2.34. The molecule has 24 heavy (non-hydrogen) atoms. The van der Waals surface area contributed by atoms with E-state index in [0.29, 0.717) is 5.75 Å². The molecule has 0 unspecified atom stereocenters. The van der Waals surface area contributed by atoms with Crippen LogP contribution in [-0.2, 0) is 6.54 Å². The van der Waals surface area contributed by atoms with Gasteiger partial charge in [-0.15, -0.1) is 0 Å². The maximum atomic E-state index is 9.44. The van der Waals surface area contributed by atoms with Crippen LogP contribution in [0.5, 0.6) is 5.75 Å². The lowest BCUT2D eigenvalue weighted by molar-refractivity contribution is 0.132. The van der Waals surface area contributed by atoms with Gasteiger partial charge in [-0.25, -0.2) is 0 Å². The number of likely N-dealkylation sites (N-methyl/N-ethyl adjacent to an activating group) is 1. The molecule has 1 fully saturated rings. The minimum Gasteiger partial charge on any atom is -0.508 e. The monoisotopic (exact) mass is 325 g/mol. The van der Waals surface area contributed by atoms with Gasteiger partial charge < -0.3 is 14.9 Å². The molecule has 0 amide bonds. The van der Waals surface area contributed by atoms with Crippen LogP contribution >= 0.6 is 0 Å². The minimum absolute atomic E-state index is 0.298. The molecule has 4 heteroatoms. The lowest BCUT2D eigenvalue weighted by atomic mass is 10.1. The van der Waals surface area contributed by atoms with Crippen LogP contribution in [0.15, 0.2) is 48.5 Å². The highest BCUT2D eigenvalue weighted by molar-refractivity contribution is 5.63. The predicted octanol–water partition coefficient (Wildman–Crippen LogP) is 3.30. The zero-order valence-corrected chi connectivity index (χ0v) is 14.7. The maximum Gasteiger partial charge on any atom is 0.115 e. The third kappa shape index (κ3) is 4.08. The van der Waals surface area contributed by atoms with E-state index in [-0.39, 0.29) is 0 Å². The highest BCUT2D eigenvalue weighted by Gasteiger charge is 2.15. The summed E-state index contributed by atoms with van der Waals surface area (Å²) in [5, 5.41) is 9.44. The van der Waals surface area contributed by atoms with Gasteiger partial charge in [0.25, 0.3) is 0 Å². The smallest absolute Gasteiger partial charge is 0.115 e. The number of hydrogen-bond donors (Lipinski definition) is 1. The summed E-state index contributed by atoms with van der Waals surface area (Å²) in [5.74, 6) is 0.298. The standard InChI is InChI=1S/C20H27N3O/c1-3-22-11-13-23(14-12-22)16-17-5-4-6-19(15-17)21(2)18-7-9-20(24)10-8-18/h4-10,15,24H,3,11-14,16H2,1-2H3. The largest absolute Gasteiger partial charge is 0.508 e. The van der Waals surface area contributed by atoms with Crippen molar-refractivity contribution in [2.24, 2.45) is 0 Å². The molecule has 1 heterocycles. The lowest BCUT2D eigenvalue weighted by Crippen LogP contribution is -2.45. The molecule has 0 atom stereocenters. The van der Waals surface area contributed by atoms with Gasteiger partial charge in [-0.3, -0.25) is 4.90 Å². The van der Waals surface area contributed by atoms with Crippen molar-refractivity contribution in [3.05, 3.63) is 54.1 Å². The highest BCUT2D eigenvalue weighted by atomic mass is 16.3. The maximum absolute atomic E-state index is 9.44. The Balaban J connectivity index is 1.66. The molecular formula is C20H27N3O. The van der Waals surface area contributed by atoms with E-state index < -0.39 is 0 Å². The Morgan fingerprint density at radius 2 is 1.58 bits per heavy atom. The first-order valence-corrected chi connectivity index (χ1v) is 8.72. The summed E-state index contributed by atoms with van der Waals surface area (Å²) in [6.07, 6.45) is 0. The number of aromatic hydroxyl groups is 1. The third-order valence-electron chi connectivity index (χ3n) is 4.85. The Kier molecular flexibility index (Phi) is 5.38. The quantitative estimate of drug-likeness (QED) is 0.913. The van der Waals surface area contributed by atoms with Crippen LogP contribution in [0.2, 0.25) is 0 Å². The van der Waals surface area contributed by atoms with Crippen molar-refractivity contribution in [1.29, 1.82) is 0 Å². The average Bonchev–Trinajstić information content (AvgIpc) is 2.63. The molecule has 2 aromatic rings. The molecule has 0 bridgehead atoms. The second kappa shape index (κ2) is 7.69. The zero-order chi connectivity index (χ0) is 16.9. The molecule has 1 aliphatic heterocycles. The van der Waals surface area contributed by atoms with E-state index in [2.05, 4.69) is 52.9 Å². The first-order valence-electron chi connectivity index (χ1n) is 8.72. The molecule has 0 saturated carbocycles. The van der Waals surface area contributed by atoms with Crippen LogP contribution in [0.1, 0.15) is 12.5 Å². The number of phenolic OH excluding ortho intramolecular Hbond substituents is 1. The Bertz CT molecular complexity index is 648. The van der Waals surface area contributed by atoms with E-state index in [9.17, 15) is 5.11 Å². The van der Waals surface area contributed by atoms with E-state index >= 15 is 0 Å². The van der Waals surface area contributed by atoms with Crippen molar-refractivity contribution in [2.45, 2.75) is 13.5 Å². The van der Waals surface area contributed by atoms with E-state index in [1.54, 1.807) is 12.1 Å². The van der Waals surface area contributed by atoms with Crippen molar-refractivity contribution in [3.63, 3.8) is 0 Å². The summed E-state index contributed by atoms with van der Waals surface area (Å²) in [6, 6.07) is 16.1. The van der Waals surface area contributed by atoms with Crippen LogP contribution in [0, 0.1) is 0 Å². The molecule has 2 aromatic carbocycles. The van der Waals surface area contributed by atoms with Gasteiger partial charge in [-0.1, -0.05) is 19.1 Å². The highest BCUT2D eigenvalue weighted by Crippen LogP contribution is 2.26. The number of rotatable bonds is 5. The number of phenols is 1. The number of anilines is 2. The molecule has 0 radical (unpaired) electrons. The fourth-order valence-corrected chi connectivity index (χ4v) is 3.21. The molecule has 0 aliphatic carbocycles. The SMILES string of the molecule is CCN1CCN(Cc2cccc(N(C)c3ccc(O)cc3)c2)CC1. The Hall–Kier alpha value is -2.04. The molecule has 4 nitrogen and oxygen atoms in total. The first kappa shape index (κ1) is 16.8. The number of nitrogens with zero attached hydrogens (tertiary/aromatic N) is 3. The summed E-state index contributed by atoms with van der Waals surface area (Å²) in [5.41, 5.74) is 3.59. The summed E-state index contributed by atoms with van der Waals surface area (Å²) >= 11 is 0. The second-order valence-corrected chi connectivity index (χ2v) is 6.46. The van der Waals surface area contributed by atoms with Crippen molar-refractivity contribution in [1.82, 2.24) is 9.80 Å². The van der Waals surface area contributed by atoms with Gasteiger partial charge in [0.1, 0.15) is 5.75 Å². The Labute approximate surface area is 144 Å². The van der Waals surface area contributed by atoms with Crippen LogP contribution in [-0.4, -0.2) is 54.7 Å². The number of benzene rings is 2. The van der Waals surface area contributed by atoms with Crippen LogP contribution in [0.4, 0.5) is 11.4 Å². The molecule has 128 valence electrons. The number of hydrogen-bond acceptors (Lipinski definition) is 4. The van der Waals surface area contributed by atoms with Gasteiger partial charge >= 0.3 is 0 Å².